The fraction of sp³-hybridized carbons (Fsp3) is 0.300. The van der Waals surface area contributed by atoms with Crippen molar-refractivity contribution in [3.05, 3.63) is 42.5 Å². The minimum absolute atomic E-state index is 0.658. The van der Waals surface area contributed by atoms with Crippen LogP contribution in [0.15, 0.2) is 42.5 Å². The normalized spacial score (nSPS) is 14.5. The smallest absolute Gasteiger partial charge is 0.162 e. The van der Waals surface area contributed by atoms with Crippen LogP contribution in [0.25, 0.3) is 22.3 Å². The number of nitrogens with zero attached hydrogens (tertiary/aromatic N) is 3. The second-order valence-electron chi connectivity index (χ2n) is 6.06. The van der Waals surface area contributed by atoms with Crippen molar-refractivity contribution < 1.29 is 14.2 Å². The number of ether oxygens (including phenoxy) is 3. The van der Waals surface area contributed by atoms with Gasteiger partial charge in [-0.1, -0.05) is 30.3 Å². The van der Waals surface area contributed by atoms with Crippen LogP contribution in [0.4, 0.5) is 5.82 Å². The van der Waals surface area contributed by atoms with Gasteiger partial charge in [-0.3, -0.25) is 0 Å². The summed E-state index contributed by atoms with van der Waals surface area (Å²) >= 11 is 0. The first-order chi connectivity index (χ1) is 12.8. The lowest BCUT2D eigenvalue weighted by Crippen LogP contribution is -2.37. The predicted molar refractivity (Wildman–Crippen MR) is 101 cm³/mol. The van der Waals surface area contributed by atoms with Gasteiger partial charge in [-0.25, -0.2) is 9.97 Å². The van der Waals surface area contributed by atoms with Crippen molar-refractivity contribution in [2.45, 2.75) is 0 Å². The molecule has 0 N–H and O–H groups in total. The lowest BCUT2D eigenvalue weighted by molar-refractivity contribution is 0.122. The third-order valence-electron chi connectivity index (χ3n) is 4.52. The number of morpholine rings is 1. The van der Waals surface area contributed by atoms with E-state index >= 15 is 0 Å². The zero-order valence-corrected chi connectivity index (χ0v) is 14.9. The van der Waals surface area contributed by atoms with Crippen molar-refractivity contribution in [2.75, 3.05) is 45.4 Å². The van der Waals surface area contributed by atoms with Crippen LogP contribution in [0.5, 0.6) is 11.5 Å². The zero-order valence-electron chi connectivity index (χ0n) is 14.9. The van der Waals surface area contributed by atoms with E-state index in [2.05, 4.69) is 4.90 Å². The van der Waals surface area contributed by atoms with Crippen molar-refractivity contribution in [1.29, 1.82) is 0 Å². The maximum Gasteiger partial charge on any atom is 0.162 e. The van der Waals surface area contributed by atoms with E-state index in [4.69, 9.17) is 24.2 Å². The third kappa shape index (κ3) is 3.04. The van der Waals surface area contributed by atoms with E-state index in [-0.39, 0.29) is 0 Å². The predicted octanol–water partition coefficient (Wildman–Crippen LogP) is 3.15. The van der Waals surface area contributed by atoms with E-state index < -0.39 is 0 Å². The molecule has 0 amide bonds. The number of methoxy groups -OCH3 is 2. The summed E-state index contributed by atoms with van der Waals surface area (Å²) in [6.45, 7) is 2.99. The Morgan fingerprint density at radius 3 is 2.31 bits per heavy atom. The van der Waals surface area contributed by atoms with E-state index in [0.29, 0.717) is 30.5 Å². The number of rotatable bonds is 4. The minimum atomic E-state index is 0.658. The van der Waals surface area contributed by atoms with Gasteiger partial charge in [-0.05, 0) is 6.07 Å². The summed E-state index contributed by atoms with van der Waals surface area (Å²) in [5.74, 6) is 2.93. The molecule has 0 atom stereocenters. The molecule has 26 heavy (non-hydrogen) atoms. The van der Waals surface area contributed by atoms with Gasteiger partial charge in [0.15, 0.2) is 17.3 Å². The Bertz CT molecular complexity index is 909. The first-order valence-electron chi connectivity index (χ1n) is 8.62. The maximum atomic E-state index is 5.50. The van der Waals surface area contributed by atoms with E-state index in [1.165, 1.54) is 0 Å². The van der Waals surface area contributed by atoms with Crippen molar-refractivity contribution in [1.82, 2.24) is 9.97 Å². The lowest BCUT2D eigenvalue weighted by Gasteiger charge is -2.29. The number of fused-ring (bicyclic) bond motifs is 1. The molecule has 0 unspecified atom stereocenters. The Hall–Kier alpha value is -2.86. The highest BCUT2D eigenvalue weighted by Gasteiger charge is 2.20. The van der Waals surface area contributed by atoms with Gasteiger partial charge in [-0.15, -0.1) is 0 Å². The Morgan fingerprint density at radius 2 is 1.62 bits per heavy atom. The molecular weight excluding hydrogens is 330 g/mol. The third-order valence-corrected chi connectivity index (χ3v) is 4.52. The highest BCUT2D eigenvalue weighted by atomic mass is 16.5. The number of hydrogen-bond donors (Lipinski definition) is 0. The van der Waals surface area contributed by atoms with Crippen molar-refractivity contribution in [2.24, 2.45) is 0 Å². The van der Waals surface area contributed by atoms with Crippen molar-refractivity contribution in [3.8, 4) is 22.9 Å². The Labute approximate surface area is 152 Å². The lowest BCUT2D eigenvalue weighted by atomic mass is 10.1. The molecule has 1 aliphatic rings. The Kier molecular flexibility index (Phi) is 4.58. The number of benzene rings is 2. The first-order valence-corrected chi connectivity index (χ1v) is 8.62. The number of hydrogen-bond acceptors (Lipinski definition) is 6. The molecule has 0 saturated carbocycles. The molecule has 1 saturated heterocycles. The number of anilines is 1. The highest BCUT2D eigenvalue weighted by Crippen LogP contribution is 2.36. The van der Waals surface area contributed by atoms with Gasteiger partial charge < -0.3 is 19.1 Å². The second-order valence-corrected chi connectivity index (χ2v) is 6.06. The maximum absolute atomic E-state index is 5.50. The first kappa shape index (κ1) is 16.6. The molecule has 4 rings (SSSR count). The minimum Gasteiger partial charge on any atom is -0.493 e. The average molecular weight is 351 g/mol. The molecule has 1 aliphatic heterocycles. The molecule has 2 aromatic carbocycles. The van der Waals surface area contributed by atoms with Gasteiger partial charge in [0.1, 0.15) is 5.82 Å². The summed E-state index contributed by atoms with van der Waals surface area (Å²) in [6.07, 6.45) is 0. The van der Waals surface area contributed by atoms with Crippen LogP contribution in [0.3, 0.4) is 0 Å². The summed E-state index contributed by atoms with van der Waals surface area (Å²) in [5.41, 5.74) is 1.82. The van der Waals surface area contributed by atoms with Crippen LogP contribution in [0.2, 0.25) is 0 Å². The summed E-state index contributed by atoms with van der Waals surface area (Å²) in [6, 6.07) is 13.9. The van der Waals surface area contributed by atoms with Crippen LogP contribution in [-0.4, -0.2) is 50.5 Å². The molecule has 0 radical (unpaired) electrons. The van der Waals surface area contributed by atoms with E-state index in [9.17, 15) is 0 Å². The Morgan fingerprint density at radius 1 is 0.923 bits per heavy atom. The van der Waals surface area contributed by atoms with Gasteiger partial charge in [0.2, 0.25) is 0 Å². The molecule has 3 aromatic rings. The molecule has 1 fully saturated rings. The summed E-state index contributed by atoms with van der Waals surface area (Å²) in [4.78, 5) is 11.9. The molecule has 6 nitrogen and oxygen atoms in total. The molecule has 6 heteroatoms. The van der Waals surface area contributed by atoms with E-state index in [1.54, 1.807) is 14.2 Å². The van der Waals surface area contributed by atoms with E-state index in [0.717, 1.165) is 35.4 Å². The van der Waals surface area contributed by atoms with Gasteiger partial charge in [0.25, 0.3) is 0 Å². The zero-order chi connectivity index (χ0) is 17.9. The van der Waals surface area contributed by atoms with Crippen LogP contribution < -0.4 is 14.4 Å². The molecule has 2 heterocycles. The second kappa shape index (κ2) is 7.17. The van der Waals surface area contributed by atoms with Crippen LogP contribution >= 0.6 is 0 Å². The molecule has 1 aromatic heterocycles. The van der Waals surface area contributed by atoms with Crippen molar-refractivity contribution in [3.63, 3.8) is 0 Å². The molecule has 0 spiro atoms. The molecule has 0 bridgehead atoms. The summed E-state index contributed by atoms with van der Waals surface area (Å²) in [7, 11) is 3.27. The van der Waals surface area contributed by atoms with E-state index in [1.807, 2.05) is 42.5 Å². The van der Waals surface area contributed by atoms with Gasteiger partial charge in [-0.2, -0.15) is 0 Å². The van der Waals surface area contributed by atoms with Crippen LogP contribution in [-0.2, 0) is 4.74 Å². The SMILES string of the molecule is COc1cc2nc(-c3ccccc3)nc(N3CCOCC3)c2cc1OC. The standard InChI is InChI=1S/C20H21N3O3/c1-24-17-12-15-16(13-18(17)25-2)21-19(14-6-4-3-5-7-14)22-20(15)23-8-10-26-11-9-23/h3-7,12-13H,8-11H2,1-2H3. The monoisotopic (exact) mass is 351 g/mol. The van der Waals surface area contributed by atoms with Gasteiger partial charge in [0, 0.05) is 30.1 Å². The largest absolute Gasteiger partial charge is 0.493 e. The number of aromatic nitrogens is 2. The topological polar surface area (TPSA) is 56.7 Å². The van der Waals surface area contributed by atoms with Gasteiger partial charge >= 0.3 is 0 Å². The summed E-state index contributed by atoms with van der Waals surface area (Å²) < 4.78 is 16.4. The fourth-order valence-corrected chi connectivity index (χ4v) is 3.17. The fourth-order valence-electron chi connectivity index (χ4n) is 3.17. The van der Waals surface area contributed by atoms with Crippen molar-refractivity contribution >= 4 is 16.7 Å². The molecule has 134 valence electrons. The highest BCUT2D eigenvalue weighted by molar-refractivity contribution is 5.93. The van der Waals surface area contributed by atoms with Crippen LogP contribution in [0, 0.1) is 0 Å². The van der Waals surface area contributed by atoms with Gasteiger partial charge in [0.05, 0.1) is 33.0 Å². The van der Waals surface area contributed by atoms with Crippen LogP contribution in [0.1, 0.15) is 0 Å². The average Bonchev–Trinajstić information content (AvgIpc) is 2.73. The molecular formula is C20H21N3O3. The summed E-state index contributed by atoms with van der Waals surface area (Å²) in [5, 5.41) is 0.948. The Balaban J connectivity index is 1.94. The molecule has 0 aliphatic carbocycles. The quantitative estimate of drug-likeness (QED) is 0.720.